The first-order valence-electron chi connectivity index (χ1n) is 8.60. The number of hydrogen-bond acceptors (Lipinski definition) is 5. The molecule has 6 nitrogen and oxygen atoms in total. The topological polar surface area (TPSA) is 83.1 Å². The molecular formula is C19H24Cl2N4O2S. The molecule has 3 N–H and O–H groups in total. The highest BCUT2D eigenvalue weighted by Gasteiger charge is 2.17. The van der Waals surface area contributed by atoms with Gasteiger partial charge in [0.15, 0.2) is 0 Å². The Labute approximate surface area is 181 Å². The minimum absolute atomic E-state index is 0. The number of benzene rings is 1. The first kappa shape index (κ1) is 24.2. The molecule has 0 saturated carbocycles. The highest BCUT2D eigenvalue weighted by atomic mass is 35.5. The van der Waals surface area contributed by atoms with Crippen molar-refractivity contribution in [1.29, 1.82) is 0 Å². The Balaban J connectivity index is 0.00000196. The highest BCUT2D eigenvalue weighted by molar-refractivity contribution is 7.99. The van der Waals surface area contributed by atoms with Crippen molar-refractivity contribution >= 4 is 54.1 Å². The lowest BCUT2D eigenvalue weighted by molar-refractivity contribution is -0.116. The average Bonchev–Trinajstić information content (AvgIpc) is 2.68. The zero-order valence-corrected chi connectivity index (χ0v) is 17.7. The molecule has 0 spiro atoms. The summed E-state index contributed by atoms with van der Waals surface area (Å²) in [5.74, 6) is 1.80. The van der Waals surface area contributed by atoms with Crippen molar-refractivity contribution in [1.82, 2.24) is 15.6 Å². The maximum atomic E-state index is 12.3. The predicted molar refractivity (Wildman–Crippen MR) is 119 cm³/mol. The molecule has 1 aromatic carbocycles. The van der Waals surface area contributed by atoms with E-state index in [4.69, 9.17) is 0 Å². The summed E-state index contributed by atoms with van der Waals surface area (Å²) >= 11 is 1.86. The molecule has 152 valence electrons. The Morgan fingerprint density at radius 2 is 2.04 bits per heavy atom. The quantitative estimate of drug-likeness (QED) is 0.640. The summed E-state index contributed by atoms with van der Waals surface area (Å²) in [7, 11) is 0. The Kier molecular flexibility index (Phi) is 10.9. The number of pyridine rings is 1. The molecule has 2 aromatic rings. The normalized spacial score (nSPS) is 15.5. The second kappa shape index (κ2) is 12.6. The number of anilines is 1. The van der Waals surface area contributed by atoms with Crippen molar-refractivity contribution in [2.24, 2.45) is 0 Å². The fourth-order valence-corrected chi connectivity index (χ4v) is 3.65. The molecule has 1 aromatic heterocycles. The zero-order valence-electron chi connectivity index (χ0n) is 15.2. The van der Waals surface area contributed by atoms with Crippen LogP contribution in [0.5, 0.6) is 0 Å². The van der Waals surface area contributed by atoms with E-state index in [9.17, 15) is 9.59 Å². The Hall–Kier alpha value is -1.80. The Morgan fingerprint density at radius 1 is 1.18 bits per heavy atom. The molecule has 0 radical (unpaired) electrons. The van der Waals surface area contributed by atoms with Gasteiger partial charge < -0.3 is 16.0 Å². The second-order valence-corrected chi connectivity index (χ2v) is 7.21. The molecule has 1 saturated heterocycles. The van der Waals surface area contributed by atoms with Crippen molar-refractivity contribution < 1.29 is 9.59 Å². The van der Waals surface area contributed by atoms with E-state index in [1.54, 1.807) is 30.5 Å². The van der Waals surface area contributed by atoms with E-state index in [1.807, 2.05) is 30.0 Å². The van der Waals surface area contributed by atoms with Gasteiger partial charge in [-0.25, -0.2) is 0 Å². The number of thioether (sulfide) groups is 1. The largest absolute Gasteiger partial charge is 0.346 e. The third-order valence-corrected chi connectivity index (χ3v) is 5.13. The number of aromatic nitrogens is 1. The molecule has 1 atom stereocenters. The van der Waals surface area contributed by atoms with Crippen LogP contribution < -0.4 is 16.0 Å². The van der Waals surface area contributed by atoms with Gasteiger partial charge in [-0.05, 0) is 30.3 Å². The maximum Gasteiger partial charge on any atom is 0.251 e. The molecule has 1 fully saturated rings. The van der Waals surface area contributed by atoms with Gasteiger partial charge >= 0.3 is 0 Å². The summed E-state index contributed by atoms with van der Waals surface area (Å²) in [5.41, 5.74) is 1.93. The number of hydrogen-bond donors (Lipinski definition) is 3. The number of nitrogens with one attached hydrogen (secondary N) is 3. The lowest BCUT2D eigenvalue weighted by Crippen LogP contribution is -2.39. The van der Waals surface area contributed by atoms with Crippen LogP contribution in [-0.4, -0.2) is 40.9 Å². The van der Waals surface area contributed by atoms with Gasteiger partial charge in [-0.3, -0.25) is 14.6 Å². The van der Waals surface area contributed by atoms with E-state index >= 15 is 0 Å². The molecule has 1 aliphatic rings. The fourth-order valence-electron chi connectivity index (χ4n) is 2.70. The molecule has 2 amide bonds. The molecule has 28 heavy (non-hydrogen) atoms. The molecule has 0 bridgehead atoms. The van der Waals surface area contributed by atoms with Crippen LogP contribution in [0.1, 0.15) is 22.5 Å². The smallest absolute Gasteiger partial charge is 0.251 e. The summed E-state index contributed by atoms with van der Waals surface area (Å²) in [6, 6.07) is 12.7. The van der Waals surface area contributed by atoms with Crippen molar-refractivity contribution in [3.8, 4) is 0 Å². The predicted octanol–water partition coefficient (Wildman–Crippen LogP) is 2.89. The van der Waals surface area contributed by atoms with E-state index in [2.05, 4.69) is 20.9 Å². The van der Waals surface area contributed by atoms with Crippen molar-refractivity contribution in [3.05, 3.63) is 59.9 Å². The number of nitrogens with zero attached hydrogens (tertiary/aromatic N) is 1. The van der Waals surface area contributed by atoms with Gasteiger partial charge in [-0.1, -0.05) is 12.1 Å². The average molecular weight is 443 g/mol. The van der Waals surface area contributed by atoms with Crippen LogP contribution in [0.3, 0.4) is 0 Å². The Bertz CT molecular complexity index is 759. The molecule has 9 heteroatoms. The van der Waals surface area contributed by atoms with Crippen LogP contribution in [-0.2, 0) is 11.3 Å². The SMILES string of the molecule is Cl.Cl.O=C(CC1CSCCN1)Nc1cccc(C(=O)NCc2ccccn2)c1. The first-order valence-corrected chi connectivity index (χ1v) is 9.75. The summed E-state index contributed by atoms with van der Waals surface area (Å²) in [4.78, 5) is 28.7. The van der Waals surface area contributed by atoms with Gasteiger partial charge in [0.2, 0.25) is 5.91 Å². The molecule has 3 rings (SSSR count). The second-order valence-electron chi connectivity index (χ2n) is 6.06. The maximum absolute atomic E-state index is 12.3. The van der Waals surface area contributed by atoms with E-state index in [0.717, 1.165) is 23.7 Å². The zero-order chi connectivity index (χ0) is 18.2. The lowest BCUT2D eigenvalue weighted by atomic mass is 10.1. The number of carbonyl (C=O) groups excluding carboxylic acids is 2. The highest BCUT2D eigenvalue weighted by Crippen LogP contribution is 2.14. The minimum Gasteiger partial charge on any atom is -0.346 e. The van der Waals surface area contributed by atoms with Gasteiger partial charge in [-0.15, -0.1) is 24.8 Å². The third-order valence-electron chi connectivity index (χ3n) is 3.99. The van der Waals surface area contributed by atoms with Gasteiger partial charge in [0.05, 0.1) is 12.2 Å². The third kappa shape index (κ3) is 7.67. The van der Waals surface area contributed by atoms with Crippen LogP contribution in [0.25, 0.3) is 0 Å². The van der Waals surface area contributed by atoms with Crippen molar-refractivity contribution in [3.63, 3.8) is 0 Å². The fraction of sp³-hybridized carbons (Fsp3) is 0.316. The van der Waals surface area contributed by atoms with Crippen molar-refractivity contribution in [2.45, 2.75) is 19.0 Å². The molecular weight excluding hydrogens is 419 g/mol. The van der Waals surface area contributed by atoms with Crippen LogP contribution in [0.2, 0.25) is 0 Å². The van der Waals surface area contributed by atoms with Gasteiger partial charge in [0.25, 0.3) is 5.91 Å². The first-order chi connectivity index (χ1) is 12.7. The number of halogens is 2. The summed E-state index contributed by atoms with van der Waals surface area (Å²) < 4.78 is 0. The monoisotopic (exact) mass is 442 g/mol. The molecule has 1 unspecified atom stereocenters. The van der Waals surface area contributed by atoms with E-state index in [-0.39, 0.29) is 42.7 Å². The van der Waals surface area contributed by atoms with Crippen LogP contribution >= 0.6 is 36.6 Å². The van der Waals surface area contributed by atoms with E-state index in [1.165, 1.54) is 0 Å². The standard InChI is InChI=1S/C19H22N4O2S.2ClH/c24-18(11-17-13-26-9-8-21-17)23-15-6-3-4-14(10-15)19(25)22-12-16-5-1-2-7-20-16;;/h1-7,10,17,21H,8-9,11-13H2,(H,22,25)(H,23,24);2*1H. The van der Waals surface area contributed by atoms with Gasteiger partial charge in [-0.2, -0.15) is 11.8 Å². The summed E-state index contributed by atoms with van der Waals surface area (Å²) in [5, 5.41) is 9.06. The van der Waals surface area contributed by atoms with Gasteiger partial charge in [0.1, 0.15) is 0 Å². The van der Waals surface area contributed by atoms with Crippen LogP contribution in [0.4, 0.5) is 5.69 Å². The molecule has 2 heterocycles. The number of amides is 2. The van der Waals surface area contributed by atoms with E-state index in [0.29, 0.717) is 24.2 Å². The lowest BCUT2D eigenvalue weighted by Gasteiger charge is -2.22. The van der Waals surface area contributed by atoms with Gasteiger partial charge in [0, 0.05) is 48.0 Å². The molecule has 0 aliphatic carbocycles. The Morgan fingerprint density at radius 3 is 2.75 bits per heavy atom. The summed E-state index contributed by atoms with van der Waals surface area (Å²) in [6.45, 7) is 1.30. The summed E-state index contributed by atoms with van der Waals surface area (Å²) in [6.07, 6.45) is 2.13. The minimum atomic E-state index is -0.197. The van der Waals surface area contributed by atoms with Crippen LogP contribution in [0.15, 0.2) is 48.7 Å². The number of rotatable bonds is 6. The van der Waals surface area contributed by atoms with E-state index < -0.39 is 0 Å². The molecule has 1 aliphatic heterocycles. The number of carbonyl (C=O) groups is 2. The van der Waals surface area contributed by atoms with Crippen molar-refractivity contribution in [2.75, 3.05) is 23.4 Å². The van der Waals surface area contributed by atoms with Crippen LogP contribution in [0, 0.1) is 0 Å².